The van der Waals surface area contributed by atoms with Crippen LogP contribution in [0.1, 0.15) is 40.0 Å². The van der Waals surface area contributed by atoms with Crippen molar-refractivity contribution in [3.63, 3.8) is 0 Å². The van der Waals surface area contributed by atoms with E-state index < -0.39 is 0 Å². The van der Waals surface area contributed by atoms with E-state index in [1.54, 1.807) is 0 Å². The van der Waals surface area contributed by atoms with Gasteiger partial charge in [0.05, 0.1) is 6.61 Å². The fraction of sp³-hybridized carbons (Fsp3) is 1.00. The Labute approximate surface area is 100 Å². The van der Waals surface area contributed by atoms with Gasteiger partial charge in [0.15, 0.2) is 0 Å². The molecule has 0 saturated heterocycles. The molecule has 1 fully saturated rings. The van der Waals surface area contributed by atoms with Crippen LogP contribution >= 0.6 is 0 Å². The zero-order chi connectivity index (χ0) is 12.2. The quantitative estimate of drug-likeness (QED) is 0.660. The molecule has 2 unspecified atom stereocenters. The van der Waals surface area contributed by atoms with Crippen LogP contribution in [0.5, 0.6) is 0 Å². The number of hydrogen-bond acceptors (Lipinski definition) is 3. The zero-order valence-electron chi connectivity index (χ0n) is 11.3. The van der Waals surface area contributed by atoms with E-state index in [0.29, 0.717) is 6.04 Å². The fourth-order valence-corrected chi connectivity index (χ4v) is 2.22. The maximum Gasteiger partial charge on any atom is 0.0611 e. The van der Waals surface area contributed by atoms with Crippen molar-refractivity contribution in [1.29, 1.82) is 0 Å². The molecule has 1 aliphatic carbocycles. The molecule has 0 aromatic heterocycles. The average Bonchev–Trinajstić information content (AvgIpc) is 3.09. The van der Waals surface area contributed by atoms with E-state index in [4.69, 9.17) is 0 Å². The fourth-order valence-electron chi connectivity index (χ4n) is 2.22. The Kier molecular flexibility index (Phi) is 5.22. The van der Waals surface area contributed by atoms with E-state index in [9.17, 15) is 5.11 Å². The van der Waals surface area contributed by atoms with Gasteiger partial charge in [-0.3, -0.25) is 0 Å². The minimum atomic E-state index is -0.119. The highest BCUT2D eigenvalue weighted by Crippen LogP contribution is 2.34. The number of hydrogen-bond donors (Lipinski definition) is 2. The second kappa shape index (κ2) is 5.99. The normalized spacial score (nSPS) is 22.1. The predicted molar refractivity (Wildman–Crippen MR) is 68.6 cm³/mol. The molecule has 0 spiro atoms. The summed E-state index contributed by atoms with van der Waals surface area (Å²) in [5, 5.41) is 12.8. The van der Waals surface area contributed by atoms with E-state index in [1.165, 1.54) is 12.8 Å². The van der Waals surface area contributed by atoms with Gasteiger partial charge in [-0.2, -0.15) is 0 Å². The second-order valence-corrected chi connectivity index (χ2v) is 5.56. The van der Waals surface area contributed by atoms with E-state index in [0.717, 1.165) is 25.4 Å². The lowest BCUT2D eigenvalue weighted by molar-refractivity contribution is 0.140. The third-order valence-corrected chi connectivity index (χ3v) is 3.97. The smallest absolute Gasteiger partial charge is 0.0611 e. The Balaban J connectivity index is 2.30. The van der Waals surface area contributed by atoms with Gasteiger partial charge < -0.3 is 15.3 Å². The van der Waals surface area contributed by atoms with Gasteiger partial charge >= 0.3 is 0 Å². The molecule has 3 heteroatoms. The highest BCUT2D eigenvalue weighted by Gasteiger charge is 2.31. The molecule has 16 heavy (non-hydrogen) atoms. The number of likely N-dealkylation sites (N-methyl/N-ethyl adjacent to an activating group) is 1. The molecule has 0 radical (unpaired) electrons. The third kappa shape index (κ3) is 4.04. The van der Waals surface area contributed by atoms with Crippen LogP contribution in [-0.2, 0) is 0 Å². The summed E-state index contributed by atoms with van der Waals surface area (Å²) >= 11 is 0. The first-order chi connectivity index (χ1) is 7.52. The molecule has 96 valence electrons. The van der Waals surface area contributed by atoms with Crippen LogP contribution in [0.2, 0.25) is 0 Å². The summed E-state index contributed by atoms with van der Waals surface area (Å²) in [7, 11) is 2.20. The Morgan fingerprint density at radius 1 is 1.50 bits per heavy atom. The molecule has 0 aromatic carbocycles. The van der Waals surface area contributed by atoms with Crippen molar-refractivity contribution in [2.24, 2.45) is 5.92 Å². The second-order valence-electron chi connectivity index (χ2n) is 5.56. The summed E-state index contributed by atoms with van der Waals surface area (Å²) in [6.07, 6.45) is 3.80. The van der Waals surface area contributed by atoms with Gasteiger partial charge in [0, 0.05) is 11.6 Å². The van der Waals surface area contributed by atoms with Crippen LogP contribution < -0.4 is 5.32 Å². The summed E-state index contributed by atoms with van der Waals surface area (Å²) in [4.78, 5) is 2.43. The van der Waals surface area contributed by atoms with E-state index in [2.05, 4.69) is 38.0 Å². The lowest BCUT2D eigenvalue weighted by Crippen LogP contribution is -2.48. The number of aliphatic hydroxyl groups excluding tert-OH is 1. The summed E-state index contributed by atoms with van der Waals surface area (Å²) in [5.74, 6) is 0.921. The number of aliphatic hydroxyl groups is 1. The van der Waals surface area contributed by atoms with Crippen LogP contribution in [-0.4, -0.2) is 48.3 Å². The van der Waals surface area contributed by atoms with Gasteiger partial charge in [0.25, 0.3) is 0 Å². The Bertz CT molecular complexity index is 206. The maximum atomic E-state index is 9.41. The molecule has 1 aliphatic rings. The molecule has 0 heterocycles. The van der Waals surface area contributed by atoms with Gasteiger partial charge in [-0.25, -0.2) is 0 Å². The largest absolute Gasteiger partial charge is 0.394 e. The molecule has 2 atom stereocenters. The van der Waals surface area contributed by atoms with Crippen molar-refractivity contribution in [2.45, 2.75) is 51.6 Å². The predicted octanol–water partition coefficient (Wildman–Crippen LogP) is 1.47. The monoisotopic (exact) mass is 228 g/mol. The van der Waals surface area contributed by atoms with Crippen molar-refractivity contribution in [1.82, 2.24) is 10.2 Å². The number of nitrogens with zero attached hydrogens (tertiary/aromatic N) is 1. The average molecular weight is 228 g/mol. The highest BCUT2D eigenvalue weighted by atomic mass is 16.3. The summed E-state index contributed by atoms with van der Waals surface area (Å²) < 4.78 is 0. The SMILES string of the molecule is CCNC(C)(CO)CCN(C)C(C)C1CC1. The highest BCUT2D eigenvalue weighted by molar-refractivity contribution is 4.87. The minimum Gasteiger partial charge on any atom is -0.394 e. The Morgan fingerprint density at radius 3 is 2.56 bits per heavy atom. The van der Waals surface area contributed by atoms with Crippen molar-refractivity contribution < 1.29 is 5.11 Å². The van der Waals surface area contributed by atoms with Crippen molar-refractivity contribution in [3.8, 4) is 0 Å². The first kappa shape index (κ1) is 13.9. The van der Waals surface area contributed by atoms with Gasteiger partial charge in [-0.05, 0) is 59.2 Å². The molecule has 0 aliphatic heterocycles. The van der Waals surface area contributed by atoms with Crippen LogP contribution in [0.4, 0.5) is 0 Å². The maximum absolute atomic E-state index is 9.41. The van der Waals surface area contributed by atoms with Gasteiger partial charge in [-0.15, -0.1) is 0 Å². The molecular formula is C13H28N2O. The zero-order valence-corrected chi connectivity index (χ0v) is 11.3. The number of rotatable bonds is 8. The third-order valence-electron chi connectivity index (χ3n) is 3.97. The lowest BCUT2D eigenvalue weighted by Gasteiger charge is -2.32. The van der Waals surface area contributed by atoms with E-state index in [-0.39, 0.29) is 12.1 Å². The molecule has 1 rings (SSSR count). The lowest BCUT2D eigenvalue weighted by atomic mass is 9.98. The summed E-state index contributed by atoms with van der Waals surface area (Å²) in [6.45, 7) is 8.70. The molecule has 2 N–H and O–H groups in total. The van der Waals surface area contributed by atoms with Gasteiger partial charge in [0.2, 0.25) is 0 Å². The standard InChI is InChI=1S/C13H28N2O/c1-5-14-13(3,10-16)8-9-15(4)11(2)12-6-7-12/h11-12,14,16H,5-10H2,1-4H3. The van der Waals surface area contributed by atoms with Crippen LogP contribution in [0.3, 0.4) is 0 Å². The summed E-state index contributed by atoms with van der Waals surface area (Å²) in [6, 6.07) is 0.699. The Morgan fingerprint density at radius 2 is 2.12 bits per heavy atom. The van der Waals surface area contributed by atoms with Gasteiger partial charge in [0.1, 0.15) is 0 Å². The van der Waals surface area contributed by atoms with Crippen LogP contribution in [0, 0.1) is 5.92 Å². The molecule has 0 amide bonds. The van der Waals surface area contributed by atoms with Crippen molar-refractivity contribution >= 4 is 0 Å². The van der Waals surface area contributed by atoms with Gasteiger partial charge in [-0.1, -0.05) is 6.92 Å². The van der Waals surface area contributed by atoms with Crippen LogP contribution in [0.15, 0.2) is 0 Å². The molecule has 3 nitrogen and oxygen atoms in total. The molecule has 0 aromatic rings. The topological polar surface area (TPSA) is 35.5 Å². The van der Waals surface area contributed by atoms with E-state index in [1.807, 2.05) is 0 Å². The molecular weight excluding hydrogens is 200 g/mol. The molecule has 0 bridgehead atoms. The minimum absolute atomic E-state index is 0.119. The molecule has 1 saturated carbocycles. The summed E-state index contributed by atoms with van der Waals surface area (Å²) in [5.41, 5.74) is -0.119. The first-order valence-electron chi connectivity index (χ1n) is 6.58. The first-order valence-corrected chi connectivity index (χ1v) is 6.58. The van der Waals surface area contributed by atoms with Crippen molar-refractivity contribution in [3.05, 3.63) is 0 Å². The van der Waals surface area contributed by atoms with Crippen LogP contribution in [0.25, 0.3) is 0 Å². The Hall–Kier alpha value is -0.120. The number of nitrogens with one attached hydrogen (secondary N) is 1. The van der Waals surface area contributed by atoms with Crippen molar-refractivity contribution in [2.75, 3.05) is 26.7 Å². The van der Waals surface area contributed by atoms with E-state index >= 15 is 0 Å².